The molecule has 1 N–H and O–H groups in total. The fourth-order valence-corrected chi connectivity index (χ4v) is 4.37. The number of likely N-dealkylation sites (N-methyl/N-ethyl adjacent to an activating group) is 1. The van der Waals surface area contributed by atoms with Crippen LogP contribution in [0.2, 0.25) is 0 Å². The zero-order valence-corrected chi connectivity index (χ0v) is 21.8. The average Bonchev–Trinajstić information content (AvgIpc) is 3.16. The van der Waals surface area contributed by atoms with Crippen LogP contribution in [0.1, 0.15) is 57.7 Å². The Labute approximate surface area is 214 Å². The molecule has 3 rings (SSSR count). The monoisotopic (exact) mass is 494 g/mol. The van der Waals surface area contributed by atoms with E-state index in [1.54, 1.807) is 29.2 Å². The van der Waals surface area contributed by atoms with Gasteiger partial charge in [0.1, 0.15) is 11.5 Å². The molecule has 0 aliphatic carbocycles. The van der Waals surface area contributed by atoms with E-state index in [4.69, 9.17) is 9.47 Å². The number of carbonyl (C=O) groups is 2. The third-order valence-corrected chi connectivity index (χ3v) is 6.49. The fraction of sp³-hybridized carbons (Fsp3) is 0.448. The predicted octanol–water partition coefficient (Wildman–Crippen LogP) is 2.41. The lowest BCUT2D eigenvalue weighted by atomic mass is 9.95. The highest BCUT2D eigenvalue weighted by atomic mass is 16.5. The summed E-state index contributed by atoms with van der Waals surface area (Å²) in [5.41, 5.74) is 1.08. The third-order valence-electron chi connectivity index (χ3n) is 6.49. The van der Waals surface area contributed by atoms with Crippen LogP contribution in [0.3, 0.4) is 0 Å². The summed E-state index contributed by atoms with van der Waals surface area (Å²) in [5.74, 6) is -0.396. The van der Waals surface area contributed by atoms with Crippen molar-refractivity contribution < 1.29 is 29.1 Å². The number of nitrogens with zero attached hydrogens (tertiary/aromatic N) is 1. The minimum absolute atomic E-state index is 0.000926. The zero-order chi connectivity index (χ0) is 26.1. The quantitative estimate of drug-likeness (QED) is 0.263. The first kappa shape index (κ1) is 27.3. The number of hydrogen-bond donors (Lipinski definition) is 1. The van der Waals surface area contributed by atoms with E-state index >= 15 is 0 Å². The average molecular weight is 495 g/mol. The van der Waals surface area contributed by atoms with Gasteiger partial charge in [-0.1, -0.05) is 43.9 Å². The number of rotatable bonds is 13. The Bertz CT molecular complexity index is 1040. The maximum Gasteiger partial charge on any atom is 0.295 e. The summed E-state index contributed by atoms with van der Waals surface area (Å²) in [6, 6.07) is 13.4. The molecule has 1 aliphatic rings. The second-order valence-electron chi connectivity index (χ2n) is 8.97. The normalized spacial score (nSPS) is 17.1. The molecule has 0 bridgehead atoms. The molecular weight excluding hydrogens is 456 g/mol. The molecule has 2 aromatic rings. The largest absolute Gasteiger partial charge is 0.872 e. The van der Waals surface area contributed by atoms with Gasteiger partial charge < -0.3 is 24.4 Å². The number of hydrogen-bond acceptors (Lipinski definition) is 5. The van der Waals surface area contributed by atoms with Crippen molar-refractivity contribution in [3.8, 4) is 11.5 Å². The highest BCUT2D eigenvalue weighted by molar-refractivity contribution is 6.46. The first-order valence-corrected chi connectivity index (χ1v) is 13.0. The number of benzene rings is 2. The summed E-state index contributed by atoms with van der Waals surface area (Å²) < 4.78 is 11.3. The zero-order valence-electron chi connectivity index (χ0n) is 21.8. The SMILES string of the molecule is CCCOc1ccc(C([O-])=C2C(=O)C(=O)N(CC[NH+](CC)CC)C2c2ccc(OCCC)cc2)cc1. The molecule has 1 heterocycles. The second kappa shape index (κ2) is 13.1. The summed E-state index contributed by atoms with van der Waals surface area (Å²) in [4.78, 5) is 29.2. The van der Waals surface area contributed by atoms with Crippen LogP contribution in [0, 0.1) is 0 Å². The molecule has 0 radical (unpaired) electrons. The van der Waals surface area contributed by atoms with Crippen LogP contribution >= 0.6 is 0 Å². The number of quaternary nitrogens is 1. The van der Waals surface area contributed by atoms with E-state index in [0.717, 1.165) is 31.5 Å². The van der Waals surface area contributed by atoms with Crippen molar-refractivity contribution in [2.45, 2.75) is 46.6 Å². The topological polar surface area (TPSA) is 83.3 Å². The highest BCUT2D eigenvalue weighted by Gasteiger charge is 2.44. The van der Waals surface area contributed by atoms with Gasteiger partial charge in [0.2, 0.25) is 5.78 Å². The molecule has 7 heteroatoms. The van der Waals surface area contributed by atoms with E-state index in [-0.39, 0.29) is 5.57 Å². The number of amides is 1. The van der Waals surface area contributed by atoms with Crippen molar-refractivity contribution in [2.24, 2.45) is 0 Å². The summed E-state index contributed by atoms with van der Waals surface area (Å²) in [5, 5.41) is 13.6. The predicted molar refractivity (Wildman–Crippen MR) is 138 cm³/mol. The summed E-state index contributed by atoms with van der Waals surface area (Å²) >= 11 is 0. The van der Waals surface area contributed by atoms with Gasteiger partial charge in [0.25, 0.3) is 5.91 Å². The molecule has 0 saturated carbocycles. The van der Waals surface area contributed by atoms with Crippen molar-refractivity contribution in [3.05, 3.63) is 65.2 Å². The first-order valence-electron chi connectivity index (χ1n) is 13.0. The molecule has 1 amide bonds. The number of likely N-dealkylation sites (tertiary alicyclic amines) is 1. The van der Waals surface area contributed by atoms with Crippen molar-refractivity contribution in [3.63, 3.8) is 0 Å². The fourth-order valence-electron chi connectivity index (χ4n) is 4.37. The molecule has 1 saturated heterocycles. The maximum atomic E-state index is 13.6. The molecule has 1 unspecified atom stereocenters. The molecule has 1 fully saturated rings. The summed E-state index contributed by atoms with van der Waals surface area (Å²) in [6.07, 6.45) is 1.77. The van der Waals surface area contributed by atoms with Crippen molar-refractivity contribution in [1.29, 1.82) is 0 Å². The van der Waals surface area contributed by atoms with Gasteiger partial charge >= 0.3 is 0 Å². The lowest BCUT2D eigenvalue weighted by Crippen LogP contribution is -3.12. The Morgan fingerprint density at radius 2 is 1.39 bits per heavy atom. The van der Waals surface area contributed by atoms with Gasteiger partial charge in [0, 0.05) is 5.57 Å². The Kier molecular flexibility index (Phi) is 9.94. The van der Waals surface area contributed by atoms with Crippen LogP contribution in [0.25, 0.3) is 5.76 Å². The minimum Gasteiger partial charge on any atom is -0.872 e. The van der Waals surface area contributed by atoms with Gasteiger partial charge in [-0.2, -0.15) is 0 Å². The van der Waals surface area contributed by atoms with Crippen LogP contribution in [-0.4, -0.2) is 56.0 Å². The first-order chi connectivity index (χ1) is 17.4. The van der Waals surface area contributed by atoms with Crippen molar-refractivity contribution >= 4 is 17.4 Å². The van der Waals surface area contributed by atoms with Crippen molar-refractivity contribution in [1.82, 2.24) is 4.90 Å². The number of Topliss-reactive ketones (excluding diaryl/α,β-unsaturated/α-hetero) is 1. The molecular formula is C29H38N2O5. The lowest BCUT2D eigenvalue weighted by Gasteiger charge is -2.28. The Morgan fingerprint density at radius 3 is 1.89 bits per heavy atom. The summed E-state index contributed by atoms with van der Waals surface area (Å²) in [7, 11) is 0. The molecule has 36 heavy (non-hydrogen) atoms. The van der Waals surface area contributed by atoms with E-state index in [0.29, 0.717) is 43.4 Å². The minimum atomic E-state index is -0.733. The Hall–Kier alpha value is -3.32. The van der Waals surface area contributed by atoms with E-state index in [1.165, 1.54) is 4.90 Å². The van der Waals surface area contributed by atoms with Gasteiger partial charge in [-0.05, 0) is 62.1 Å². The molecule has 194 valence electrons. The van der Waals surface area contributed by atoms with E-state index < -0.39 is 23.5 Å². The second-order valence-corrected chi connectivity index (χ2v) is 8.97. The lowest BCUT2D eigenvalue weighted by molar-refractivity contribution is -0.895. The maximum absolute atomic E-state index is 13.6. The van der Waals surface area contributed by atoms with Gasteiger partial charge in [-0.25, -0.2) is 0 Å². The molecule has 2 aromatic carbocycles. The standard InChI is InChI=1S/C29H38N2O5/c1-5-19-35-23-13-9-21(10-14-23)26-25(27(32)22-11-15-24(16-12-22)36-20-6-2)28(33)29(34)31(26)18-17-30(7-3)8-4/h9-16,26,32H,5-8,17-20H2,1-4H3. The van der Waals surface area contributed by atoms with E-state index in [2.05, 4.69) is 13.8 Å². The smallest absolute Gasteiger partial charge is 0.295 e. The van der Waals surface area contributed by atoms with E-state index in [9.17, 15) is 14.7 Å². The van der Waals surface area contributed by atoms with Gasteiger partial charge in [-0.15, -0.1) is 0 Å². The van der Waals surface area contributed by atoms with Crippen LogP contribution in [0.5, 0.6) is 11.5 Å². The molecule has 0 spiro atoms. The van der Waals surface area contributed by atoms with Gasteiger partial charge in [-0.3, -0.25) is 9.59 Å². The molecule has 7 nitrogen and oxygen atoms in total. The van der Waals surface area contributed by atoms with Crippen LogP contribution < -0.4 is 19.5 Å². The van der Waals surface area contributed by atoms with Crippen LogP contribution in [-0.2, 0) is 9.59 Å². The molecule has 1 aliphatic heterocycles. The third kappa shape index (κ3) is 6.26. The highest BCUT2D eigenvalue weighted by Crippen LogP contribution is 2.39. The number of carbonyl (C=O) groups excluding carboxylic acids is 2. The summed E-state index contributed by atoms with van der Waals surface area (Å²) in [6.45, 7) is 12.4. The Balaban J connectivity index is 2.01. The van der Waals surface area contributed by atoms with Crippen LogP contribution in [0.15, 0.2) is 54.1 Å². The van der Waals surface area contributed by atoms with Gasteiger partial charge in [0.15, 0.2) is 0 Å². The number of nitrogens with one attached hydrogen (secondary N) is 1. The molecule has 0 aromatic heterocycles. The van der Waals surface area contributed by atoms with Crippen LogP contribution in [0.4, 0.5) is 0 Å². The van der Waals surface area contributed by atoms with Gasteiger partial charge in [0.05, 0.1) is 45.4 Å². The number of ketones is 1. The van der Waals surface area contributed by atoms with E-state index in [1.807, 2.05) is 38.1 Å². The Morgan fingerprint density at radius 1 is 0.861 bits per heavy atom. The number of ether oxygens (including phenoxy) is 2. The van der Waals surface area contributed by atoms with Crippen molar-refractivity contribution in [2.75, 3.05) is 39.4 Å². The molecule has 1 atom stereocenters.